The van der Waals surface area contributed by atoms with Crippen LogP contribution in [0.3, 0.4) is 0 Å². The van der Waals surface area contributed by atoms with E-state index in [0.29, 0.717) is 5.69 Å². The summed E-state index contributed by atoms with van der Waals surface area (Å²) in [6.45, 7) is 0. The predicted octanol–water partition coefficient (Wildman–Crippen LogP) is 5.19. The van der Waals surface area contributed by atoms with Gasteiger partial charge in [0.05, 0.1) is 5.69 Å². The van der Waals surface area contributed by atoms with Crippen LogP contribution in [0.1, 0.15) is 0 Å². The number of hydrogen-bond acceptors (Lipinski definition) is 2. The van der Waals surface area contributed by atoms with Crippen molar-refractivity contribution in [2.75, 3.05) is 0 Å². The third kappa shape index (κ3) is 3.25. The molecule has 0 amide bonds. The molecule has 0 unspecified atom stereocenters. The highest BCUT2D eigenvalue weighted by atomic mass is 14.9. The zero-order valence-electron chi connectivity index (χ0n) is 9.95. The summed E-state index contributed by atoms with van der Waals surface area (Å²) in [4.78, 5) is 0. The van der Waals surface area contributed by atoms with Crippen LogP contribution in [0, 0.1) is 5.53 Å². The minimum absolute atomic E-state index is 0.701. The molecule has 0 heterocycles. The SMILES string of the molecule is N=Nc1ccccc1.c1ccc2ccccc2c1. The van der Waals surface area contributed by atoms with E-state index in [2.05, 4.69) is 53.6 Å². The van der Waals surface area contributed by atoms with E-state index in [0.717, 1.165) is 0 Å². The molecule has 0 fully saturated rings. The minimum Gasteiger partial charge on any atom is -0.204 e. The molecule has 0 aliphatic carbocycles. The highest BCUT2D eigenvalue weighted by molar-refractivity contribution is 5.81. The fourth-order valence-corrected chi connectivity index (χ4v) is 1.64. The lowest BCUT2D eigenvalue weighted by Gasteiger charge is -1.92. The molecule has 3 aromatic carbocycles. The molecule has 0 saturated heterocycles. The first-order chi connectivity index (χ1) is 8.90. The van der Waals surface area contributed by atoms with Crippen LogP contribution in [0.4, 0.5) is 5.69 Å². The average molecular weight is 234 g/mol. The smallest absolute Gasteiger partial charge is 0.0849 e. The fraction of sp³-hybridized carbons (Fsp3) is 0. The lowest BCUT2D eigenvalue weighted by atomic mass is 10.1. The summed E-state index contributed by atoms with van der Waals surface area (Å²) in [7, 11) is 0. The molecule has 2 heteroatoms. The second-order valence-corrected chi connectivity index (χ2v) is 3.79. The maximum absolute atomic E-state index is 6.57. The lowest BCUT2D eigenvalue weighted by molar-refractivity contribution is 1.15. The molecular formula is C16H14N2. The Hall–Kier alpha value is -2.48. The Labute approximate surface area is 106 Å². The normalized spacial score (nSPS) is 9.33. The summed E-state index contributed by atoms with van der Waals surface area (Å²) >= 11 is 0. The van der Waals surface area contributed by atoms with Crippen LogP contribution in [-0.2, 0) is 0 Å². The van der Waals surface area contributed by atoms with Gasteiger partial charge in [-0.2, -0.15) is 5.11 Å². The summed E-state index contributed by atoms with van der Waals surface area (Å²) in [6.07, 6.45) is 0. The van der Waals surface area contributed by atoms with Crippen molar-refractivity contribution < 1.29 is 0 Å². The van der Waals surface area contributed by atoms with Crippen LogP contribution in [0.15, 0.2) is 84.0 Å². The Balaban J connectivity index is 0.000000138. The van der Waals surface area contributed by atoms with Crippen molar-refractivity contribution in [1.29, 1.82) is 5.53 Å². The molecule has 3 rings (SSSR count). The maximum atomic E-state index is 6.57. The van der Waals surface area contributed by atoms with Gasteiger partial charge in [-0.3, -0.25) is 0 Å². The van der Waals surface area contributed by atoms with Crippen LogP contribution in [-0.4, -0.2) is 0 Å². The maximum Gasteiger partial charge on any atom is 0.0849 e. The second kappa shape index (κ2) is 6.30. The number of rotatable bonds is 1. The highest BCUT2D eigenvalue weighted by Crippen LogP contribution is 2.11. The van der Waals surface area contributed by atoms with E-state index in [1.54, 1.807) is 12.1 Å². The largest absolute Gasteiger partial charge is 0.204 e. The van der Waals surface area contributed by atoms with Crippen molar-refractivity contribution >= 4 is 16.5 Å². The van der Waals surface area contributed by atoms with Crippen LogP contribution < -0.4 is 0 Å². The summed E-state index contributed by atoms with van der Waals surface area (Å²) in [5, 5.41) is 5.84. The number of para-hydroxylation sites is 1. The Morgan fingerprint density at radius 1 is 0.556 bits per heavy atom. The van der Waals surface area contributed by atoms with Gasteiger partial charge in [-0.25, -0.2) is 5.53 Å². The van der Waals surface area contributed by atoms with E-state index in [9.17, 15) is 0 Å². The summed E-state index contributed by atoms with van der Waals surface area (Å²) in [6, 6.07) is 25.9. The highest BCUT2D eigenvalue weighted by Gasteiger charge is 1.85. The Morgan fingerprint density at radius 3 is 1.28 bits per heavy atom. The van der Waals surface area contributed by atoms with E-state index < -0.39 is 0 Å². The lowest BCUT2D eigenvalue weighted by Crippen LogP contribution is -1.67. The summed E-state index contributed by atoms with van der Waals surface area (Å²) < 4.78 is 0. The van der Waals surface area contributed by atoms with Crippen LogP contribution in [0.2, 0.25) is 0 Å². The van der Waals surface area contributed by atoms with E-state index in [1.165, 1.54) is 10.8 Å². The van der Waals surface area contributed by atoms with Gasteiger partial charge in [0, 0.05) is 0 Å². The molecule has 1 N–H and O–H groups in total. The van der Waals surface area contributed by atoms with Crippen LogP contribution in [0.5, 0.6) is 0 Å². The fourth-order valence-electron chi connectivity index (χ4n) is 1.64. The van der Waals surface area contributed by atoms with Crippen molar-refractivity contribution in [3.05, 3.63) is 78.9 Å². The molecule has 3 aromatic rings. The first kappa shape index (κ1) is 12.0. The van der Waals surface area contributed by atoms with E-state index >= 15 is 0 Å². The molecule has 2 nitrogen and oxygen atoms in total. The van der Waals surface area contributed by atoms with Crippen LogP contribution in [0.25, 0.3) is 10.8 Å². The van der Waals surface area contributed by atoms with Crippen molar-refractivity contribution in [1.82, 2.24) is 0 Å². The second-order valence-electron chi connectivity index (χ2n) is 3.79. The molecule has 18 heavy (non-hydrogen) atoms. The standard InChI is InChI=1S/C10H8.C6H6N2/c1-2-6-10-8-4-3-7-9(10)5-1;7-8-6-4-2-1-3-5-6/h1-8H;1-5,7H. The quantitative estimate of drug-likeness (QED) is 0.562. The van der Waals surface area contributed by atoms with Gasteiger partial charge in [0.25, 0.3) is 0 Å². The van der Waals surface area contributed by atoms with E-state index in [4.69, 9.17) is 5.53 Å². The van der Waals surface area contributed by atoms with Crippen LogP contribution >= 0.6 is 0 Å². The van der Waals surface area contributed by atoms with Crippen molar-refractivity contribution in [3.63, 3.8) is 0 Å². The topological polar surface area (TPSA) is 36.2 Å². The summed E-state index contributed by atoms with van der Waals surface area (Å²) in [5.41, 5.74) is 7.27. The van der Waals surface area contributed by atoms with Crippen molar-refractivity contribution in [3.8, 4) is 0 Å². The monoisotopic (exact) mass is 234 g/mol. The van der Waals surface area contributed by atoms with E-state index in [-0.39, 0.29) is 0 Å². The number of hydrogen-bond donors (Lipinski definition) is 1. The molecule has 0 radical (unpaired) electrons. The molecule has 0 aliphatic heterocycles. The number of nitrogens with one attached hydrogen (secondary N) is 1. The van der Waals surface area contributed by atoms with Gasteiger partial charge in [-0.05, 0) is 22.9 Å². The van der Waals surface area contributed by atoms with Gasteiger partial charge >= 0.3 is 0 Å². The molecule has 0 atom stereocenters. The third-order valence-electron chi connectivity index (χ3n) is 2.54. The van der Waals surface area contributed by atoms with Crippen molar-refractivity contribution in [2.45, 2.75) is 0 Å². The van der Waals surface area contributed by atoms with Gasteiger partial charge in [-0.15, -0.1) is 0 Å². The molecule has 0 saturated carbocycles. The third-order valence-corrected chi connectivity index (χ3v) is 2.54. The average Bonchev–Trinajstić information content (AvgIpc) is 2.49. The molecule has 0 aromatic heterocycles. The zero-order chi connectivity index (χ0) is 12.6. The van der Waals surface area contributed by atoms with Gasteiger partial charge in [0.15, 0.2) is 0 Å². The predicted molar refractivity (Wildman–Crippen MR) is 75.2 cm³/mol. The molecule has 0 bridgehead atoms. The van der Waals surface area contributed by atoms with Gasteiger partial charge in [0.1, 0.15) is 0 Å². The zero-order valence-corrected chi connectivity index (χ0v) is 9.95. The van der Waals surface area contributed by atoms with Gasteiger partial charge in [0.2, 0.25) is 0 Å². The van der Waals surface area contributed by atoms with E-state index in [1.807, 2.05) is 18.2 Å². The van der Waals surface area contributed by atoms with Gasteiger partial charge in [-0.1, -0.05) is 66.7 Å². The first-order valence-corrected chi connectivity index (χ1v) is 5.76. The Morgan fingerprint density at radius 2 is 0.944 bits per heavy atom. The Bertz CT molecular complexity index is 553. The number of benzene rings is 3. The molecular weight excluding hydrogens is 220 g/mol. The first-order valence-electron chi connectivity index (χ1n) is 5.76. The minimum atomic E-state index is 0.701. The summed E-state index contributed by atoms with van der Waals surface area (Å²) in [5.74, 6) is 0. The molecule has 88 valence electrons. The molecule has 0 spiro atoms. The van der Waals surface area contributed by atoms with Gasteiger partial charge < -0.3 is 0 Å². The Kier molecular flexibility index (Phi) is 4.20. The number of nitrogens with zero attached hydrogens (tertiary/aromatic N) is 1. The number of fused-ring (bicyclic) bond motifs is 1. The molecule has 0 aliphatic rings. The van der Waals surface area contributed by atoms with Crippen molar-refractivity contribution in [2.24, 2.45) is 5.11 Å².